The van der Waals surface area contributed by atoms with Gasteiger partial charge < -0.3 is 9.47 Å². The maximum Gasteiger partial charge on any atom is 0.0815 e. The van der Waals surface area contributed by atoms with E-state index in [9.17, 15) is 0 Å². The first-order chi connectivity index (χ1) is 6.45. The van der Waals surface area contributed by atoms with Crippen LogP contribution in [0.5, 0.6) is 0 Å². The Morgan fingerprint density at radius 3 is 2.92 bits per heavy atom. The van der Waals surface area contributed by atoms with Crippen molar-refractivity contribution in [1.29, 1.82) is 0 Å². The van der Waals surface area contributed by atoms with Gasteiger partial charge in [-0.2, -0.15) is 0 Å². The van der Waals surface area contributed by atoms with Gasteiger partial charge in [-0.05, 0) is 18.8 Å². The molecule has 0 N–H and O–H groups in total. The molecule has 2 unspecified atom stereocenters. The molecule has 0 spiro atoms. The lowest BCUT2D eigenvalue weighted by atomic mass is 9.94. The Hall–Kier alpha value is -0.600. The second kappa shape index (κ2) is 4.58. The molecule has 13 heavy (non-hydrogen) atoms. The third-order valence-corrected chi connectivity index (χ3v) is 2.52. The molecule has 0 amide bonds. The van der Waals surface area contributed by atoms with Crippen LogP contribution in [0.15, 0.2) is 24.3 Å². The normalized spacial score (nSPS) is 33.5. The molecule has 0 saturated carbocycles. The van der Waals surface area contributed by atoms with E-state index in [1.54, 1.807) is 0 Å². The van der Waals surface area contributed by atoms with E-state index in [-0.39, 0.29) is 0 Å². The molecule has 0 aromatic rings. The van der Waals surface area contributed by atoms with Crippen molar-refractivity contribution in [3.63, 3.8) is 0 Å². The Balaban J connectivity index is 1.76. The van der Waals surface area contributed by atoms with Crippen LogP contribution in [0.25, 0.3) is 0 Å². The van der Waals surface area contributed by atoms with Crippen molar-refractivity contribution in [2.45, 2.75) is 18.9 Å². The van der Waals surface area contributed by atoms with Gasteiger partial charge >= 0.3 is 0 Å². The molecule has 0 aromatic heterocycles. The molecule has 0 radical (unpaired) electrons. The first-order valence-electron chi connectivity index (χ1n) is 4.98. The predicted molar refractivity (Wildman–Crippen MR) is 51.6 cm³/mol. The first kappa shape index (κ1) is 8.97. The molecular weight excluding hydrogens is 164 g/mol. The SMILES string of the molecule is C1=CCC(CC2COCCO2)C=C1. The molecule has 2 heteroatoms. The Bertz CT molecular complexity index is 202. The molecule has 0 bridgehead atoms. The highest BCUT2D eigenvalue weighted by Crippen LogP contribution is 2.20. The summed E-state index contributed by atoms with van der Waals surface area (Å²) in [6.45, 7) is 2.29. The second-order valence-electron chi connectivity index (χ2n) is 3.61. The fourth-order valence-corrected chi connectivity index (χ4v) is 1.82. The molecule has 1 saturated heterocycles. The minimum atomic E-state index is 0.315. The number of hydrogen-bond acceptors (Lipinski definition) is 2. The summed E-state index contributed by atoms with van der Waals surface area (Å²) >= 11 is 0. The summed E-state index contributed by atoms with van der Waals surface area (Å²) in [5.41, 5.74) is 0. The molecule has 2 atom stereocenters. The average Bonchev–Trinajstić information content (AvgIpc) is 2.21. The summed E-state index contributed by atoms with van der Waals surface area (Å²) in [7, 11) is 0. The quantitative estimate of drug-likeness (QED) is 0.646. The molecular formula is C11H16O2. The highest BCUT2D eigenvalue weighted by atomic mass is 16.6. The fraction of sp³-hybridized carbons (Fsp3) is 0.636. The second-order valence-corrected chi connectivity index (χ2v) is 3.61. The van der Waals surface area contributed by atoms with Crippen molar-refractivity contribution < 1.29 is 9.47 Å². The fourth-order valence-electron chi connectivity index (χ4n) is 1.82. The zero-order valence-corrected chi connectivity index (χ0v) is 7.82. The topological polar surface area (TPSA) is 18.5 Å². The Labute approximate surface area is 79.2 Å². The smallest absolute Gasteiger partial charge is 0.0815 e. The van der Waals surface area contributed by atoms with Crippen LogP contribution in [0.4, 0.5) is 0 Å². The van der Waals surface area contributed by atoms with Gasteiger partial charge in [0.2, 0.25) is 0 Å². The predicted octanol–water partition coefficient (Wildman–Crippen LogP) is 1.92. The molecule has 1 fully saturated rings. The number of hydrogen-bond donors (Lipinski definition) is 0. The van der Waals surface area contributed by atoms with Gasteiger partial charge in [-0.3, -0.25) is 0 Å². The molecule has 1 aliphatic carbocycles. The van der Waals surface area contributed by atoms with Crippen molar-refractivity contribution >= 4 is 0 Å². The summed E-state index contributed by atoms with van der Waals surface area (Å²) in [5.74, 6) is 0.650. The van der Waals surface area contributed by atoms with Crippen LogP contribution in [0.3, 0.4) is 0 Å². The number of allylic oxidation sites excluding steroid dienone is 4. The summed E-state index contributed by atoms with van der Waals surface area (Å²) in [5, 5.41) is 0. The van der Waals surface area contributed by atoms with Crippen molar-refractivity contribution in [3.8, 4) is 0 Å². The van der Waals surface area contributed by atoms with E-state index in [1.807, 2.05) is 0 Å². The van der Waals surface area contributed by atoms with Crippen LogP contribution >= 0.6 is 0 Å². The van der Waals surface area contributed by atoms with E-state index in [1.165, 1.54) is 0 Å². The third-order valence-electron chi connectivity index (χ3n) is 2.52. The van der Waals surface area contributed by atoms with E-state index in [2.05, 4.69) is 24.3 Å². The van der Waals surface area contributed by atoms with Gasteiger partial charge in [-0.1, -0.05) is 24.3 Å². The number of rotatable bonds is 2. The zero-order valence-electron chi connectivity index (χ0n) is 7.82. The van der Waals surface area contributed by atoms with E-state index < -0.39 is 0 Å². The van der Waals surface area contributed by atoms with Gasteiger partial charge in [0.05, 0.1) is 25.9 Å². The molecule has 0 aromatic carbocycles. The van der Waals surface area contributed by atoms with E-state index in [4.69, 9.17) is 9.47 Å². The van der Waals surface area contributed by atoms with Gasteiger partial charge in [0.1, 0.15) is 0 Å². The maximum atomic E-state index is 5.60. The van der Waals surface area contributed by atoms with E-state index in [0.717, 1.165) is 32.7 Å². The summed E-state index contributed by atoms with van der Waals surface area (Å²) in [6.07, 6.45) is 11.3. The van der Waals surface area contributed by atoms with Crippen LogP contribution in [0.2, 0.25) is 0 Å². The molecule has 2 rings (SSSR count). The molecule has 1 aliphatic heterocycles. The third kappa shape index (κ3) is 2.68. The van der Waals surface area contributed by atoms with Gasteiger partial charge in [-0.25, -0.2) is 0 Å². The Morgan fingerprint density at radius 2 is 2.23 bits per heavy atom. The Morgan fingerprint density at radius 1 is 1.23 bits per heavy atom. The largest absolute Gasteiger partial charge is 0.376 e. The molecule has 1 heterocycles. The maximum absolute atomic E-state index is 5.60. The number of ether oxygens (including phenoxy) is 2. The minimum absolute atomic E-state index is 0.315. The van der Waals surface area contributed by atoms with Crippen molar-refractivity contribution in [3.05, 3.63) is 24.3 Å². The van der Waals surface area contributed by atoms with Crippen molar-refractivity contribution in [1.82, 2.24) is 0 Å². The monoisotopic (exact) mass is 180 g/mol. The van der Waals surface area contributed by atoms with Crippen LogP contribution in [0, 0.1) is 5.92 Å². The van der Waals surface area contributed by atoms with E-state index >= 15 is 0 Å². The van der Waals surface area contributed by atoms with Crippen molar-refractivity contribution in [2.75, 3.05) is 19.8 Å². The van der Waals surface area contributed by atoms with Crippen LogP contribution < -0.4 is 0 Å². The van der Waals surface area contributed by atoms with Crippen LogP contribution in [0.1, 0.15) is 12.8 Å². The van der Waals surface area contributed by atoms with Gasteiger partial charge in [0, 0.05) is 0 Å². The first-order valence-corrected chi connectivity index (χ1v) is 4.98. The van der Waals surface area contributed by atoms with Crippen LogP contribution in [-0.4, -0.2) is 25.9 Å². The molecule has 2 aliphatic rings. The molecule has 2 nitrogen and oxygen atoms in total. The Kier molecular flexibility index (Phi) is 3.16. The average molecular weight is 180 g/mol. The summed E-state index contributed by atoms with van der Waals surface area (Å²) in [4.78, 5) is 0. The van der Waals surface area contributed by atoms with Crippen molar-refractivity contribution in [2.24, 2.45) is 5.92 Å². The highest BCUT2D eigenvalue weighted by Gasteiger charge is 2.18. The van der Waals surface area contributed by atoms with Gasteiger partial charge in [0.25, 0.3) is 0 Å². The highest BCUT2D eigenvalue weighted by molar-refractivity contribution is 5.10. The van der Waals surface area contributed by atoms with Crippen LogP contribution in [-0.2, 0) is 9.47 Å². The summed E-state index contributed by atoms with van der Waals surface area (Å²) in [6, 6.07) is 0. The van der Waals surface area contributed by atoms with Gasteiger partial charge in [-0.15, -0.1) is 0 Å². The van der Waals surface area contributed by atoms with E-state index in [0.29, 0.717) is 12.0 Å². The minimum Gasteiger partial charge on any atom is -0.376 e. The lowest BCUT2D eigenvalue weighted by Gasteiger charge is -2.25. The standard InChI is InChI=1S/C11H16O2/c1-2-4-10(5-3-1)8-11-9-12-6-7-13-11/h1-4,10-11H,5-9H2. The lowest BCUT2D eigenvalue weighted by Crippen LogP contribution is -2.30. The van der Waals surface area contributed by atoms with Gasteiger partial charge in [0.15, 0.2) is 0 Å². The lowest BCUT2D eigenvalue weighted by molar-refractivity contribution is -0.0939. The molecule has 72 valence electrons. The summed E-state index contributed by atoms with van der Waals surface area (Å²) < 4.78 is 11.0. The zero-order chi connectivity index (χ0) is 8.93.